The Hall–Kier alpha value is -1.74. The number of hydrogen-bond donors (Lipinski definition) is 1. The average molecular weight is 448 g/mol. The fourth-order valence-electron chi connectivity index (χ4n) is 4.94. The second-order valence-electron chi connectivity index (χ2n) is 9.14. The van der Waals surface area contributed by atoms with Gasteiger partial charge in [0.25, 0.3) is 15.9 Å². The maximum absolute atomic E-state index is 13.1. The summed E-state index contributed by atoms with van der Waals surface area (Å²) in [7, 11) is -4.05. The molecule has 170 valence electrons. The molecule has 1 amide bonds. The van der Waals surface area contributed by atoms with Crippen molar-refractivity contribution in [2.24, 2.45) is 0 Å². The van der Waals surface area contributed by atoms with Gasteiger partial charge in [-0.25, -0.2) is 12.7 Å². The Morgan fingerprint density at radius 3 is 2.32 bits per heavy atom. The number of sulfonamides is 1. The number of rotatable bonds is 5. The van der Waals surface area contributed by atoms with Gasteiger partial charge in [0.1, 0.15) is 0 Å². The minimum Gasteiger partial charge on any atom is -0.378 e. The SMILES string of the molecule is Cc1ccc(S(=O)(=O)N2C=CCC(O)(CN3CCC(N4CCCCC4)CC3)C2=O)cc1. The number of hydrogen-bond acceptors (Lipinski definition) is 6. The van der Waals surface area contributed by atoms with Crippen LogP contribution in [0.5, 0.6) is 0 Å². The second kappa shape index (κ2) is 9.02. The zero-order chi connectivity index (χ0) is 22.1. The summed E-state index contributed by atoms with van der Waals surface area (Å²) in [4.78, 5) is 17.9. The molecule has 0 saturated carbocycles. The third-order valence-corrected chi connectivity index (χ3v) is 8.50. The molecule has 2 fully saturated rings. The van der Waals surface area contributed by atoms with Crippen molar-refractivity contribution in [3.63, 3.8) is 0 Å². The number of β-amino-alcohol motifs (C(OH)–C–C–N with tert-alkyl or cyclic N) is 1. The van der Waals surface area contributed by atoms with Crippen LogP contribution >= 0.6 is 0 Å². The number of benzene rings is 1. The lowest BCUT2D eigenvalue weighted by atomic mass is 9.93. The summed E-state index contributed by atoms with van der Waals surface area (Å²) in [6.07, 6.45) is 8.87. The lowest BCUT2D eigenvalue weighted by molar-refractivity contribution is -0.147. The Labute approximate surface area is 185 Å². The Kier molecular flexibility index (Phi) is 6.53. The van der Waals surface area contributed by atoms with E-state index in [0.29, 0.717) is 10.3 Å². The summed E-state index contributed by atoms with van der Waals surface area (Å²) >= 11 is 0. The predicted molar refractivity (Wildman–Crippen MR) is 119 cm³/mol. The molecule has 1 N–H and O–H groups in total. The first-order valence-corrected chi connectivity index (χ1v) is 12.7. The molecule has 3 heterocycles. The van der Waals surface area contributed by atoms with E-state index in [1.54, 1.807) is 18.2 Å². The van der Waals surface area contributed by atoms with Gasteiger partial charge in [0.2, 0.25) is 0 Å². The second-order valence-corrected chi connectivity index (χ2v) is 11.0. The molecule has 3 aliphatic heterocycles. The lowest BCUT2D eigenvalue weighted by Gasteiger charge is -2.43. The number of piperidine rings is 2. The number of carbonyl (C=O) groups excluding carboxylic acids is 1. The van der Waals surface area contributed by atoms with Crippen LogP contribution in [0.2, 0.25) is 0 Å². The highest BCUT2D eigenvalue weighted by atomic mass is 32.2. The molecule has 1 aromatic rings. The van der Waals surface area contributed by atoms with Gasteiger partial charge in [-0.05, 0) is 70.9 Å². The summed E-state index contributed by atoms with van der Waals surface area (Å²) in [5.41, 5.74) is -0.797. The van der Waals surface area contributed by atoms with Crippen LogP contribution in [0.4, 0.5) is 0 Å². The minimum absolute atomic E-state index is 0.0442. The van der Waals surface area contributed by atoms with Crippen molar-refractivity contribution in [2.75, 3.05) is 32.7 Å². The lowest BCUT2D eigenvalue weighted by Crippen LogP contribution is -2.58. The first-order chi connectivity index (χ1) is 14.8. The van der Waals surface area contributed by atoms with Crippen LogP contribution in [0.3, 0.4) is 0 Å². The van der Waals surface area contributed by atoms with E-state index in [9.17, 15) is 18.3 Å². The van der Waals surface area contributed by atoms with Gasteiger partial charge in [0.05, 0.1) is 4.90 Å². The van der Waals surface area contributed by atoms with Gasteiger partial charge in [-0.1, -0.05) is 30.2 Å². The van der Waals surface area contributed by atoms with Crippen LogP contribution in [0, 0.1) is 6.92 Å². The smallest absolute Gasteiger partial charge is 0.274 e. The topological polar surface area (TPSA) is 81.2 Å². The summed E-state index contributed by atoms with van der Waals surface area (Å²) in [6, 6.07) is 6.95. The molecule has 31 heavy (non-hydrogen) atoms. The minimum atomic E-state index is -4.05. The fraction of sp³-hybridized carbons (Fsp3) is 0.609. The summed E-state index contributed by atoms with van der Waals surface area (Å²) in [6.45, 7) is 5.99. The molecule has 0 radical (unpaired) electrons. The average Bonchev–Trinajstić information content (AvgIpc) is 2.77. The molecule has 0 aromatic heterocycles. The van der Waals surface area contributed by atoms with Crippen molar-refractivity contribution in [1.82, 2.24) is 14.1 Å². The zero-order valence-corrected chi connectivity index (χ0v) is 19.1. The first kappa shape index (κ1) is 22.5. The Morgan fingerprint density at radius 1 is 1.03 bits per heavy atom. The van der Waals surface area contributed by atoms with Crippen molar-refractivity contribution in [3.8, 4) is 0 Å². The van der Waals surface area contributed by atoms with Gasteiger partial charge in [0, 0.05) is 25.2 Å². The third-order valence-electron chi connectivity index (χ3n) is 6.82. The van der Waals surface area contributed by atoms with Crippen molar-refractivity contribution in [2.45, 2.75) is 62.0 Å². The summed E-state index contributed by atoms with van der Waals surface area (Å²) < 4.78 is 26.8. The highest BCUT2D eigenvalue weighted by molar-refractivity contribution is 7.89. The molecule has 8 heteroatoms. The van der Waals surface area contributed by atoms with Crippen LogP contribution in [-0.2, 0) is 14.8 Å². The number of nitrogens with zero attached hydrogens (tertiary/aromatic N) is 3. The van der Waals surface area contributed by atoms with Crippen LogP contribution < -0.4 is 0 Å². The molecule has 1 unspecified atom stereocenters. The molecule has 0 aliphatic carbocycles. The van der Waals surface area contributed by atoms with Crippen molar-refractivity contribution >= 4 is 15.9 Å². The van der Waals surface area contributed by atoms with E-state index in [-0.39, 0.29) is 17.9 Å². The predicted octanol–water partition coefficient (Wildman–Crippen LogP) is 2.11. The normalized spacial score (nSPS) is 27.0. The summed E-state index contributed by atoms with van der Waals surface area (Å²) in [5, 5.41) is 11.2. The number of amides is 1. The number of aryl methyl sites for hydroxylation is 1. The third kappa shape index (κ3) is 4.72. The van der Waals surface area contributed by atoms with Gasteiger partial charge >= 0.3 is 0 Å². The Morgan fingerprint density at radius 2 is 1.68 bits per heavy atom. The summed E-state index contributed by atoms with van der Waals surface area (Å²) in [5.74, 6) is -0.770. The molecular weight excluding hydrogens is 414 g/mol. The van der Waals surface area contributed by atoms with Gasteiger partial charge in [-0.3, -0.25) is 9.69 Å². The number of carbonyl (C=O) groups is 1. The number of likely N-dealkylation sites (tertiary alicyclic amines) is 2. The number of aliphatic hydroxyl groups is 1. The van der Waals surface area contributed by atoms with Gasteiger partial charge in [-0.15, -0.1) is 0 Å². The van der Waals surface area contributed by atoms with E-state index < -0.39 is 21.5 Å². The molecular formula is C23H33N3O4S. The monoisotopic (exact) mass is 447 g/mol. The van der Waals surface area contributed by atoms with Gasteiger partial charge in [0.15, 0.2) is 5.60 Å². The molecule has 4 rings (SSSR count). The standard InChI is InChI=1S/C23H33N3O4S/c1-19-6-8-21(9-7-19)31(29,30)26-15-5-12-23(28,22(26)27)18-24-16-10-20(11-17-24)25-13-3-2-4-14-25/h5-9,15,20,28H,2-4,10-14,16-18H2,1H3. The van der Waals surface area contributed by atoms with E-state index in [2.05, 4.69) is 9.80 Å². The Bertz CT molecular complexity index is 917. The highest BCUT2D eigenvalue weighted by Crippen LogP contribution is 2.29. The fourth-order valence-corrected chi connectivity index (χ4v) is 6.29. The van der Waals surface area contributed by atoms with E-state index in [0.717, 1.165) is 31.5 Å². The van der Waals surface area contributed by atoms with Crippen LogP contribution in [0.25, 0.3) is 0 Å². The molecule has 1 aromatic carbocycles. The molecule has 0 spiro atoms. The van der Waals surface area contributed by atoms with Crippen LogP contribution in [0.15, 0.2) is 41.4 Å². The highest BCUT2D eigenvalue weighted by Gasteiger charge is 2.46. The zero-order valence-electron chi connectivity index (χ0n) is 18.2. The quantitative estimate of drug-likeness (QED) is 0.745. The molecule has 0 bridgehead atoms. The largest absolute Gasteiger partial charge is 0.378 e. The van der Waals surface area contributed by atoms with Crippen molar-refractivity contribution in [1.29, 1.82) is 0 Å². The van der Waals surface area contributed by atoms with Gasteiger partial charge in [-0.2, -0.15) is 0 Å². The first-order valence-electron chi connectivity index (χ1n) is 11.3. The molecule has 1 atom stereocenters. The maximum atomic E-state index is 13.1. The van der Waals surface area contributed by atoms with Crippen LogP contribution in [-0.4, -0.2) is 77.9 Å². The maximum Gasteiger partial charge on any atom is 0.274 e. The molecule has 3 aliphatic rings. The van der Waals surface area contributed by atoms with E-state index in [1.807, 2.05) is 6.92 Å². The van der Waals surface area contributed by atoms with E-state index in [1.165, 1.54) is 50.7 Å². The molecule has 7 nitrogen and oxygen atoms in total. The molecule has 2 saturated heterocycles. The van der Waals surface area contributed by atoms with Crippen molar-refractivity contribution < 1.29 is 18.3 Å². The van der Waals surface area contributed by atoms with E-state index >= 15 is 0 Å². The Balaban J connectivity index is 1.42. The van der Waals surface area contributed by atoms with Crippen LogP contribution in [0.1, 0.15) is 44.1 Å². The van der Waals surface area contributed by atoms with E-state index in [4.69, 9.17) is 0 Å². The van der Waals surface area contributed by atoms with Crippen molar-refractivity contribution in [3.05, 3.63) is 42.1 Å². The van der Waals surface area contributed by atoms with Gasteiger partial charge < -0.3 is 10.0 Å².